The average molecular weight is 1560 g/mol. The molecule has 0 heterocycles. The lowest BCUT2D eigenvalue weighted by molar-refractivity contribution is -0.135. The zero-order valence-electron chi connectivity index (χ0n) is 68.6. The fourth-order valence-electron chi connectivity index (χ4n) is 13.0. The first-order chi connectivity index (χ1) is 53.0. The molecule has 28 N–H and O–H groups in total. The number of nitrogens with two attached hydrogens (primary N) is 9. The van der Waals surface area contributed by atoms with Crippen molar-refractivity contribution in [1.29, 1.82) is 0 Å². The highest BCUT2D eigenvalue weighted by Crippen LogP contribution is 2.17. The Labute approximate surface area is 661 Å². The summed E-state index contributed by atoms with van der Waals surface area (Å²) in [6.45, 7) is 8.13. The summed E-state index contributed by atoms with van der Waals surface area (Å²) in [5.41, 5.74) is 53.7. The van der Waals surface area contributed by atoms with Crippen LogP contribution in [0.4, 0.5) is 0 Å². The summed E-state index contributed by atoms with van der Waals surface area (Å²) >= 11 is 0. The Bertz CT molecular complexity index is 2460. The van der Waals surface area contributed by atoms with E-state index in [9.17, 15) is 47.9 Å². The van der Waals surface area contributed by atoms with Crippen molar-refractivity contribution in [1.82, 2.24) is 53.2 Å². The summed E-state index contributed by atoms with van der Waals surface area (Å²) in [5, 5.41) is 28.3. The molecule has 0 aromatic heterocycles. The van der Waals surface area contributed by atoms with Gasteiger partial charge in [-0.25, -0.2) is 0 Å². The van der Waals surface area contributed by atoms with E-state index in [1.54, 1.807) is 0 Å². The molecular weight excluding hydrogens is 1400 g/mol. The molecule has 0 fully saturated rings. The molecule has 0 aliphatic rings. The maximum absolute atomic E-state index is 15.2. The van der Waals surface area contributed by atoms with Crippen LogP contribution in [0, 0.1) is 0 Å². The number of primary amides is 1. The van der Waals surface area contributed by atoms with Crippen LogP contribution in [0.25, 0.3) is 0 Å². The summed E-state index contributed by atoms with van der Waals surface area (Å²) < 4.78 is 0. The molecule has 0 saturated heterocycles. The van der Waals surface area contributed by atoms with E-state index in [4.69, 9.17) is 51.6 Å². The Hall–Kier alpha value is -6.15. The van der Waals surface area contributed by atoms with E-state index in [-0.39, 0.29) is 70.4 Å². The van der Waals surface area contributed by atoms with Crippen LogP contribution in [-0.4, -0.2) is 178 Å². The van der Waals surface area contributed by atoms with Gasteiger partial charge in [-0.1, -0.05) is 188 Å². The van der Waals surface area contributed by atoms with Crippen LogP contribution in [-0.2, 0) is 52.7 Å². The second-order valence-electron chi connectivity index (χ2n) is 30.3. The van der Waals surface area contributed by atoms with E-state index in [0.29, 0.717) is 135 Å². The van der Waals surface area contributed by atoms with Crippen LogP contribution in [0.5, 0.6) is 0 Å². The minimum atomic E-state index is -1.36. The molecule has 0 saturated carbocycles. The lowest BCUT2D eigenvalue weighted by Crippen LogP contribution is -2.59. The molecule has 0 aromatic carbocycles. The molecule has 0 bridgehead atoms. The molecule has 640 valence electrons. The summed E-state index contributed by atoms with van der Waals surface area (Å²) in [7, 11) is 0. The second kappa shape index (κ2) is 70.7. The number of hydrogen-bond acceptors (Lipinski definition) is 19. The minimum absolute atomic E-state index is 0.0230. The van der Waals surface area contributed by atoms with Crippen molar-refractivity contribution in [3.8, 4) is 0 Å². The fraction of sp³-hybridized carbons (Fsp3) is 0.863. The van der Waals surface area contributed by atoms with Gasteiger partial charge in [0.25, 0.3) is 0 Å². The first kappa shape index (κ1) is 104. The Morgan fingerprint density at radius 2 is 0.409 bits per heavy atom. The average Bonchev–Trinajstić information content (AvgIpc) is 0.864. The highest BCUT2D eigenvalue weighted by molar-refractivity contribution is 5.96. The molecule has 0 aliphatic heterocycles. The molecule has 0 rings (SSSR count). The monoisotopic (exact) mass is 1560 g/mol. The van der Waals surface area contributed by atoms with E-state index in [0.717, 1.165) is 116 Å². The summed E-state index contributed by atoms with van der Waals surface area (Å²) in [4.78, 5) is 152. The van der Waals surface area contributed by atoms with Crippen LogP contribution in [0.15, 0.2) is 0 Å². The molecule has 30 heteroatoms. The smallest absolute Gasteiger partial charge is 0.243 e. The van der Waals surface area contributed by atoms with E-state index in [1.165, 1.54) is 38.5 Å². The van der Waals surface area contributed by atoms with Gasteiger partial charge in [0, 0.05) is 19.6 Å². The third kappa shape index (κ3) is 55.3. The highest BCUT2D eigenvalue weighted by Gasteiger charge is 2.33. The molecule has 10 atom stereocenters. The first-order valence-electron chi connectivity index (χ1n) is 43.1. The number of carbonyl (C=O) groups excluding carboxylic acids is 11. The van der Waals surface area contributed by atoms with E-state index >= 15 is 4.79 Å². The molecular formula is C80H159N19O11. The molecule has 0 aromatic rings. The Morgan fingerprint density at radius 1 is 0.218 bits per heavy atom. The quantitative estimate of drug-likeness (QED) is 0.0364. The number of rotatable bonds is 76. The van der Waals surface area contributed by atoms with E-state index in [1.807, 2.05) is 0 Å². The van der Waals surface area contributed by atoms with Gasteiger partial charge in [0.05, 0.1) is 30.7 Å². The Morgan fingerprint density at radius 3 is 0.673 bits per heavy atom. The number of amides is 11. The van der Waals surface area contributed by atoms with Gasteiger partial charge in [-0.3, -0.25) is 52.7 Å². The molecule has 110 heavy (non-hydrogen) atoms. The van der Waals surface area contributed by atoms with Crippen molar-refractivity contribution in [2.45, 2.75) is 389 Å². The van der Waals surface area contributed by atoms with Crippen molar-refractivity contribution < 1.29 is 52.7 Å². The SMILES string of the molecule is CCCCCCCCCCC(N)C(=O)N[C@@H](CCCCN)C(=O)NCCCC[C@H](NC(=O)[C@H](CCCCN)NC(=O)C(N)CCCCCCCCCC)C(=O)N[C@@H](CCCCNC(=O)[C@H](CCCCNC(=O)[C@@H](N)CCCCN)NC(=O)[C@@H](N)CCCCN)C(=O)NC(CCCCCCCCCC)C(=O)NCC(N)=O. The second-order valence-corrected chi connectivity index (χ2v) is 30.3. The Kier molecular flexibility index (Phi) is 66.7. The summed E-state index contributed by atoms with van der Waals surface area (Å²) in [5.74, 6) is -6.32. The third-order valence-electron chi connectivity index (χ3n) is 20.2. The predicted molar refractivity (Wildman–Crippen MR) is 440 cm³/mol. The van der Waals surface area contributed by atoms with Crippen molar-refractivity contribution in [3.63, 3.8) is 0 Å². The normalized spacial score (nSPS) is 14.1. The van der Waals surface area contributed by atoms with Gasteiger partial charge in [-0.15, -0.1) is 0 Å². The molecule has 30 nitrogen and oxygen atoms in total. The van der Waals surface area contributed by atoms with Crippen LogP contribution >= 0.6 is 0 Å². The lowest BCUT2D eigenvalue weighted by Gasteiger charge is -2.27. The first-order valence-corrected chi connectivity index (χ1v) is 43.1. The van der Waals surface area contributed by atoms with Crippen molar-refractivity contribution >= 4 is 65.0 Å². The van der Waals surface area contributed by atoms with Gasteiger partial charge in [-0.05, 0) is 167 Å². The van der Waals surface area contributed by atoms with Crippen LogP contribution in [0.1, 0.15) is 329 Å². The van der Waals surface area contributed by atoms with Crippen molar-refractivity contribution in [2.24, 2.45) is 51.6 Å². The van der Waals surface area contributed by atoms with Gasteiger partial charge in [0.1, 0.15) is 36.3 Å². The maximum atomic E-state index is 15.2. The summed E-state index contributed by atoms with van der Waals surface area (Å²) in [6, 6.07) is -10.2. The predicted octanol–water partition coefficient (Wildman–Crippen LogP) is 4.77. The highest BCUT2D eigenvalue weighted by atomic mass is 16.2. The van der Waals surface area contributed by atoms with Crippen molar-refractivity contribution in [3.05, 3.63) is 0 Å². The molecule has 0 radical (unpaired) electrons. The number of unbranched alkanes of at least 4 members (excludes halogenated alkanes) is 28. The zero-order valence-corrected chi connectivity index (χ0v) is 68.6. The topological polar surface area (TPSA) is 542 Å². The number of carbonyl (C=O) groups is 11. The van der Waals surface area contributed by atoms with E-state index in [2.05, 4.69) is 73.9 Å². The van der Waals surface area contributed by atoms with Crippen LogP contribution in [0.3, 0.4) is 0 Å². The zero-order chi connectivity index (χ0) is 81.8. The lowest BCUT2D eigenvalue weighted by atomic mass is 10.0. The van der Waals surface area contributed by atoms with Gasteiger partial charge < -0.3 is 105 Å². The minimum Gasteiger partial charge on any atom is -0.368 e. The van der Waals surface area contributed by atoms with E-state index < -0.39 is 126 Å². The molecule has 11 amide bonds. The maximum Gasteiger partial charge on any atom is 0.243 e. The van der Waals surface area contributed by atoms with Crippen LogP contribution < -0.4 is 105 Å². The third-order valence-corrected chi connectivity index (χ3v) is 20.2. The fourth-order valence-corrected chi connectivity index (χ4v) is 13.0. The summed E-state index contributed by atoms with van der Waals surface area (Å²) in [6.07, 6.45) is 34.1. The largest absolute Gasteiger partial charge is 0.368 e. The molecule has 3 unspecified atom stereocenters. The van der Waals surface area contributed by atoms with Crippen LogP contribution in [0.2, 0.25) is 0 Å². The van der Waals surface area contributed by atoms with Gasteiger partial charge >= 0.3 is 0 Å². The standard InChI is InChI=1S/C80H159N19O11/c1-4-7-10-13-16-19-22-25-42-61(86)72(102)94-64(47-30-37-54-83)75(105)91-57-41-34-51-69(98-78(108)67(48-31-38-55-84)96-74(104)62(87)43-26-23-20-17-14-11-8-5-2)80(110)99-68(79(109)97-66(77(107)93-59-70(89)100)46-27-24-21-18-15-12-9-6-3)50-33-40-58-92-76(106)65(95-73(103)63(88)45-29-36-53-82)49-32-39-56-90-71(101)60(85)44-28-35-52-81/h60-69H,4-59,81-88H2,1-3H3,(H2,89,100)(H,90,101)(H,91,105)(H,92,106)(H,93,107)(H,94,102)(H,95,103)(H,96,104)(H,97,109)(H,98,108)(H,99,110)/t60-,61?,62?,63-,64-,65-,66?,67-,68-,69-/m0/s1. The molecule has 0 aliphatic carbocycles. The van der Waals surface area contributed by atoms with Gasteiger partial charge in [0.2, 0.25) is 65.0 Å². The number of hydrogen-bond donors (Lipinski definition) is 19. The van der Waals surface area contributed by atoms with Gasteiger partial charge in [-0.2, -0.15) is 0 Å². The Balaban J connectivity index is 7.33. The van der Waals surface area contributed by atoms with Gasteiger partial charge in [0.15, 0.2) is 0 Å². The molecule has 0 spiro atoms. The number of nitrogens with one attached hydrogen (secondary N) is 10. The van der Waals surface area contributed by atoms with Crippen molar-refractivity contribution in [2.75, 3.05) is 52.4 Å².